The fourth-order valence-corrected chi connectivity index (χ4v) is 5.18. The van der Waals surface area contributed by atoms with Crippen LogP contribution >= 0.6 is 11.3 Å². The second-order valence-corrected chi connectivity index (χ2v) is 9.69. The molecule has 7 heteroatoms. The summed E-state index contributed by atoms with van der Waals surface area (Å²) in [5.41, 5.74) is 5.26. The van der Waals surface area contributed by atoms with Crippen LogP contribution in [0.5, 0.6) is 0 Å². The van der Waals surface area contributed by atoms with E-state index in [0.717, 1.165) is 34.6 Å². The lowest BCUT2D eigenvalue weighted by atomic mass is 9.98. The van der Waals surface area contributed by atoms with Gasteiger partial charge in [-0.1, -0.05) is 18.2 Å². The number of benzene rings is 1. The molecule has 0 spiro atoms. The molecule has 0 N–H and O–H groups in total. The van der Waals surface area contributed by atoms with Crippen molar-refractivity contribution in [1.82, 2.24) is 24.6 Å². The Morgan fingerprint density at radius 2 is 2.00 bits per heavy atom. The van der Waals surface area contributed by atoms with Crippen molar-refractivity contribution in [2.45, 2.75) is 26.1 Å². The van der Waals surface area contributed by atoms with Gasteiger partial charge in [0.25, 0.3) is 0 Å². The van der Waals surface area contributed by atoms with E-state index < -0.39 is 0 Å². The summed E-state index contributed by atoms with van der Waals surface area (Å²) in [6, 6.07) is 12.8. The summed E-state index contributed by atoms with van der Waals surface area (Å²) < 4.78 is 3.33. The number of hydrogen-bond acceptors (Lipinski definition) is 5. The molecule has 168 valence electrons. The molecule has 1 atom stereocenters. The molecule has 5 rings (SSSR count). The van der Waals surface area contributed by atoms with Crippen molar-refractivity contribution in [2.75, 3.05) is 20.6 Å². The molecule has 1 aliphatic rings. The standard InChI is InChI=1S/C26H27N5OS/c1-18-16-31-22(17-30(18)24(32)5-4-13-29(2)3)25(20-8-11-27-12-9-20)26(28-31)21-7-6-19-10-14-33-23(19)15-21/h4-12,14-15,18H,13,16-17H2,1-3H3/b5-4+. The summed E-state index contributed by atoms with van der Waals surface area (Å²) in [6.07, 6.45) is 7.24. The topological polar surface area (TPSA) is 54.3 Å². The maximum atomic E-state index is 13.0. The zero-order valence-electron chi connectivity index (χ0n) is 19.1. The van der Waals surface area contributed by atoms with Gasteiger partial charge >= 0.3 is 0 Å². The molecule has 4 aromatic rings. The molecular formula is C26H27N5OS. The molecule has 0 radical (unpaired) electrons. The second kappa shape index (κ2) is 8.92. The molecule has 0 aliphatic carbocycles. The van der Waals surface area contributed by atoms with Crippen molar-refractivity contribution < 1.29 is 4.79 Å². The number of carbonyl (C=O) groups is 1. The third-order valence-corrected chi connectivity index (χ3v) is 6.94. The minimum atomic E-state index is 0.0408. The van der Waals surface area contributed by atoms with E-state index in [9.17, 15) is 4.79 Å². The van der Waals surface area contributed by atoms with Crippen LogP contribution in [0, 0.1) is 0 Å². The summed E-state index contributed by atoms with van der Waals surface area (Å²) in [4.78, 5) is 21.2. The van der Waals surface area contributed by atoms with E-state index in [4.69, 9.17) is 5.10 Å². The Bertz CT molecular complexity index is 1320. The average molecular weight is 458 g/mol. The van der Waals surface area contributed by atoms with Gasteiger partial charge in [0, 0.05) is 46.9 Å². The number of pyridine rings is 1. The molecule has 6 nitrogen and oxygen atoms in total. The molecule has 0 fully saturated rings. The lowest BCUT2D eigenvalue weighted by Crippen LogP contribution is -2.44. The van der Waals surface area contributed by atoms with Crippen LogP contribution in [0.1, 0.15) is 12.6 Å². The molecule has 4 heterocycles. The van der Waals surface area contributed by atoms with Gasteiger partial charge in [-0.25, -0.2) is 0 Å². The van der Waals surface area contributed by atoms with Crippen LogP contribution in [0.15, 0.2) is 66.3 Å². The minimum Gasteiger partial charge on any atom is -0.329 e. The number of carbonyl (C=O) groups excluding carboxylic acids is 1. The van der Waals surface area contributed by atoms with E-state index in [1.165, 1.54) is 10.1 Å². The quantitative estimate of drug-likeness (QED) is 0.409. The van der Waals surface area contributed by atoms with Crippen molar-refractivity contribution in [3.8, 4) is 22.4 Å². The zero-order valence-corrected chi connectivity index (χ0v) is 19.9. The number of aromatic nitrogens is 3. The highest BCUT2D eigenvalue weighted by molar-refractivity contribution is 7.17. The smallest absolute Gasteiger partial charge is 0.246 e. The maximum Gasteiger partial charge on any atom is 0.246 e. The molecule has 33 heavy (non-hydrogen) atoms. The Morgan fingerprint density at radius 3 is 2.79 bits per heavy atom. The van der Waals surface area contributed by atoms with Gasteiger partial charge in [0.2, 0.25) is 5.91 Å². The first-order valence-corrected chi connectivity index (χ1v) is 12.0. The van der Waals surface area contributed by atoms with E-state index in [2.05, 4.69) is 46.2 Å². The number of amides is 1. The Labute approximate surface area is 197 Å². The summed E-state index contributed by atoms with van der Waals surface area (Å²) in [6.45, 7) is 4.02. The fraction of sp³-hybridized carbons (Fsp3) is 0.269. The van der Waals surface area contributed by atoms with E-state index in [-0.39, 0.29) is 11.9 Å². The number of fused-ring (bicyclic) bond motifs is 2. The van der Waals surface area contributed by atoms with Gasteiger partial charge < -0.3 is 9.80 Å². The van der Waals surface area contributed by atoms with Gasteiger partial charge in [-0.05, 0) is 61.6 Å². The first kappa shape index (κ1) is 21.6. The molecule has 1 aromatic carbocycles. The molecule has 1 amide bonds. The molecule has 0 saturated carbocycles. The first-order valence-electron chi connectivity index (χ1n) is 11.1. The van der Waals surface area contributed by atoms with Crippen LogP contribution in [-0.4, -0.2) is 57.2 Å². The second-order valence-electron chi connectivity index (χ2n) is 8.74. The van der Waals surface area contributed by atoms with Gasteiger partial charge in [-0.15, -0.1) is 11.3 Å². The monoisotopic (exact) mass is 457 g/mol. The largest absolute Gasteiger partial charge is 0.329 e. The highest BCUT2D eigenvalue weighted by Crippen LogP contribution is 2.38. The predicted molar refractivity (Wildman–Crippen MR) is 134 cm³/mol. The molecule has 0 bridgehead atoms. The van der Waals surface area contributed by atoms with E-state index in [1.54, 1.807) is 17.4 Å². The summed E-state index contributed by atoms with van der Waals surface area (Å²) in [7, 11) is 3.99. The number of rotatable bonds is 5. The minimum absolute atomic E-state index is 0.0408. The van der Waals surface area contributed by atoms with Gasteiger partial charge in [-0.2, -0.15) is 5.10 Å². The summed E-state index contributed by atoms with van der Waals surface area (Å²) >= 11 is 1.74. The third kappa shape index (κ3) is 4.21. The summed E-state index contributed by atoms with van der Waals surface area (Å²) in [5, 5.41) is 8.42. The average Bonchev–Trinajstić information content (AvgIpc) is 3.42. The van der Waals surface area contributed by atoms with Crippen LogP contribution in [0.3, 0.4) is 0 Å². The Hall–Kier alpha value is -3.29. The number of nitrogens with zero attached hydrogens (tertiary/aromatic N) is 5. The first-order chi connectivity index (χ1) is 16.0. The normalized spacial score (nSPS) is 16.1. The Morgan fingerprint density at radius 1 is 1.18 bits per heavy atom. The Kier molecular flexibility index (Phi) is 5.83. The third-order valence-electron chi connectivity index (χ3n) is 6.06. The fourth-order valence-electron chi connectivity index (χ4n) is 4.36. The number of thiophene rings is 1. The SMILES string of the molecule is CC1Cn2nc(-c3ccc4ccsc4c3)c(-c3ccncc3)c2CN1C(=O)/C=C/CN(C)C. The van der Waals surface area contributed by atoms with Gasteiger partial charge in [0.05, 0.1) is 18.8 Å². The van der Waals surface area contributed by atoms with Crippen LogP contribution < -0.4 is 0 Å². The van der Waals surface area contributed by atoms with Crippen LogP contribution in [0.4, 0.5) is 0 Å². The molecule has 3 aromatic heterocycles. The molecule has 1 aliphatic heterocycles. The van der Waals surface area contributed by atoms with Crippen LogP contribution in [0.2, 0.25) is 0 Å². The Balaban J connectivity index is 1.58. The van der Waals surface area contributed by atoms with Crippen LogP contribution in [0.25, 0.3) is 32.5 Å². The molecule has 0 saturated heterocycles. The number of hydrogen-bond donors (Lipinski definition) is 0. The predicted octanol–water partition coefficient (Wildman–Crippen LogP) is 4.68. The van der Waals surface area contributed by atoms with Crippen LogP contribution in [-0.2, 0) is 17.9 Å². The van der Waals surface area contributed by atoms with E-state index in [1.807, 2.05) is 54.5 Å². The van der Waals surface area contributed by atoms with Gasteiger partial charge in [0.1, 0.15) is 5.69 Å². The van der Waals surface area contributed by atoms with Gasteiger partial charge in [0.15, 0.2) is 0 Å². The molecular weight excluding hydrogens is 430 g/mol. The maximum absolute atomic E-state index is 13.0. The van der Waals surface area contributed by atoms with Crippen molar-refractivity contribution in [3.05, 3.63) is 72.0 Å². The zero-order chi connectivity index (χ0) is 22.9. The lowest BCUT2D eigenvalue weighted by Gasteiger charge is -2.33. The number of likely N-dealkylation sites (N-methyl/N-ethyl adjacent to an activating group) is 1. The van der Waals surface area contributed by atoms with E-state index >= 15 is 0 Å². The summed E-state index contributed by atoms with van der Waals surface area (Å²) in [5.74, 6) is 0.0408. The van der Waals surface area contributed by atoms with E-state index in [0.29, 0.717) is 13.1 Å². The van der Waals surface area contributed by atoms with Crippen molar-refractivity contribution in [3.63, 3.8) is 0 Å². The highest BCUT2D eigenvalue weighted by Gasteiger charge is 2.31. The molecule has 1 unspecified atom stereocenters. The highest BCUT2D eigenvalue weighted by atomic mass is 32.1. The van der Waals surface area contributed by atoms with Crippen molar-refractivity contribution >= 4 is 27.3 Å². The van der Waals surface area contributed by atoms with Gasteiger partial charge in [-0.3, -0.25) is 14.5 Å². The van der Waals surface area contributed by atoms with Crippen molar-refractivity contribution in [2.24, 2.45) is 0 Å². The van der Waals surface area contributed by atoms with Crippen molar-refractivity contribution in [1.29, 1.82) is 0 Å². The lowest BCUT2D eigenvalue weighted by molar-refractivity contribution is -0.129.